The maximum Gasteiger partial charge on any atom is 0.331 e. The average Bonchev–Trinajstić information content (AvgIpc) is 2.93. The van der Waals surface area contributed by atoms with Crippen LogP contribution in [0.15, 0.2) is 58.5 Å². The van der Waals surface area contributed by atoms with E-state index in [-0.39, 0.29) is 11.2 Å². The molecule has 0 bridgehead atoms. The van der Waals surface area contributed by atoms with Crippen molar-refractivity contribution in [1.82, 2.24) is 0 Å². The first-order valence-electron chi connectivity index (χ1n) is 12.3. The minimum absolute atomic E-state index is 0.279. The van der Waals surface area contributed by atoms with E-state index >= 15 is 0 Å². The zero-order valence-electron chi connectivity index (χ0n) is 21.3. The number of nitrogen functional groups attached to an aromatic ring is 1. The van der Waals surface area contributed by atoms with Gasteiger partial charge in [0.1, 0.15) is 5.75 Å². The predicted molar refractivity (Wildman–Crippen MR) is 151 cm³/mol. The smallest absolute Gasteiger partial charge is 0.331 e. The summed E-state index contributed by atoms with van der Waals surface area (Å²) < 4.78 is 29.0. The monoisotopic (exact) mass is 534 g/mol. The molecule has 2 aromatic rings. The van der Waals surface area contributed by atoms with Crippen LogP contribution in [0.3, 0.4) is 0 Å². The molecule has 0 aromatic heterocycles. The fourth-order valence-electron chi connectivity index (χ4n) is 4.81. The Kier molecular flexibility index (Phi) is 9.63. The van der Waals surface area contributed by atoms with Crippen LogP contribution < -0.4 is 15.4 Å². The molecule has 3 rings (SSSR count). The van der Waals surface area contributed by atoms with Crippen LogP contribution >= 0.6 is 22.4 Å². The van der Waals surface area contributed by atoms with Crippen LogP contribution in [-0.4, -0.2) is 38.7 Å². The lowest BCUT2D eigenvalue weighted by Gasteiger charge is -2.42. The topological polar surface area (TPSA) is 116 Å². The number of hydrogen-bond acceptors (Lipinski definition) is 7. The number of thioether (sulfide) groups is 1. The second-order valence-electron chi connectivity index (χ2n) is 9.43. The summed E-state index contributed by atoms with van der Waals surface area (Å²) in [6.45, 7) is 4.98. The molecular formula is C27H38N2O5S2. The van der Waals surface area contributed by atoms with Gasteiger partial charge in [-0.25, -0.2) is 4.79 Å². The van der Waals surface area contributed by atoms with Crippen LogP contribution in [0, 0.1) is 5.41 Å². The van der Waals surface area contributed by atoms with Gasteiger partial charge >= 0.3 is 5.97 Å². The first-order valence-corrected chi connectivity index (χ1v) is 15.3. The van der Waals surface area contributed by atoms with Gasteiger partial charge in [-0.15, -0.1) is 11.8 Å². The molecule has 0 amide bonds. The van der Waals surface area contributed by atoms with Gasteiger partial charge in [-0.3, -0.25) is 9.11 Å². The number of ether oxygens (including phenoxy) is 1. The van der Waals surface area contributed by atoms with Crippen molar-refractivity contribution in [3.8, 4) is 5.75 Å². The third-order valence-electron chi connectivity index (χ3n) is 6.62. The molecule has 0 aliphatic carbocycles. The molecule has 1 aliphatic heterocycles. The number of aliphatic carboxylic acids is 1. The number of carboxylic acids is 1. The molecule has 0 unspecified atom stereocenters. The van der Waals surface area contributed by atoms with Crippen molar-refractivity contribution in [2.75, 3.05) is 29.2 Å². The molecule has 1 heterocycles. The van der Waals surface area contributed by atoms with E-state index in [4.69, 9.17) is 15.6 Å². The number of hydrogen-bond donors (Lipinski definition) is 4. The van der Waals surface area contributed by atoms with Gasteiger partial charge in [0.25, 0.3) is 0 Å². The van der Waals surface area contributed by atoms with E-state index in [0.717, 1.165) is 67.1 Å². The molecule has 0 spiro atoms. The molecule has 7 nitrogen and oxygen atoms in total. The van der Waals surface area contributed by atoms with Gasteiger partial charge in [0, 0.05) is 35.2 Å². The quantitative estimate of drug-likeness (QED) is 0.101. The molecule has 0 saturated heterocycles. The first kappa shape index (κ1) is 28.2. The molecule has 36 heavy (non-hydrogen) atoms. The van der Waals surface area contributed by atoms with E-state index in [1.54, 1.807) is 6.07 Å². The summed E-state index contributed by atoms with van der Waals surface area (Å²) >= 11 is 1.45. The third kappa shape index (κ3) is 6.70. The average molecular weight is 535 g/mol. The summed E-state index contributed by atoms with van der Waals surface area (Å²) in [5.41, 5.74) is 8.03. The molecule has 0 atom stereocenters. The number of rotatable bonds is 11. The Balaban J connectivity index is 2.22. The number of fused-ring (bicyclic) bond motifs is 1. The first-order chi connectivity index (χ1) is 17.1. The van der Waals surface area contributed by atoms with Crippen molar-refractivity contribution in [3.05, 3.63) is 48.7 Å². The van der Waals surface area contributed by atoms with E-state index in [1.165, 1.54) is 11.8 Å². The van der Waals surface area contributed by atoms with Crippen molar-refractivity contribution in [2.45, 2.75) is 62.2 Å². The van der Waals surface area contributed by atoms with E-state index in [0.29, 0.717) is 22.9 Å². The SMILES string of the molecule is CCCCC1(CCCC)CN(c2ccc(N)cc2)c2cc(SC)c(OC=CC(=O)O)cc2S(O)(O)C1. The molecule has 9 heteroatoms. The Morgan fingerprint density at radius 1 is 1.17 bits per heavy atom. The third-order valence-corrected chi connectivity index (χ3v) is 9.43. The molecule has 1 aliphatic rings. The maximum atomic E-state index is 11.7. The molecule has 0 radical (unpaired) electrons. The van der Waals surface area contributed by atoms with Crippen molar-refractivity contribution in [3.63, 3.8) is 0 Å². The number of nitrogens with two attached hydrogens (primary N) is 1. The minimum Gasteiger partial charge on any atom is -0.478 e. The molecule has 5 N–H and O–H groups in total. The van der Waals surface area contributed by atoms with Gasteiger partial charge in [-0.05, 0) is 49.4 Å². The van der Waals surface area contributed by atoms with Gasteiger partial charge < -0.3 is 20.5 Å². The van der Waals surface area contributed by atoms with Crippen LogP contribution in [0.4, 0.5) is 17.1 Å². The Morgan fingerprint density at radius 2 is 1.81 bits per heavy atom. The largest absolute Gasteiger partial charge is 0.478 e. The fraction of sp³-hybridized carbons (Fsp3) is 0.444. The number of carbonyl (C=O) groups is 1. The molecule has 2 aromatic carbocycles. The van der Waals surface area contributed by atoms with Gasteiger partial charge in [-0.1, -0.05) is 39.5 Å². The van der Waals surface area contributed by atoms with Crippen LogP contribution in [-0.2, 0) is 4.79 Å². The summed E-state index contributed by atoms with van der Waals surface area (Å²) in [4.78, 5) is 14.3. The Morgan fingerprint density at radius 3 is 2.36 bits per heavy atom. The maximum absolute atomic E-state index is 11.7. The highest BCUT2D eigenvalue weighted by Crippen LogP contribution is 2.62. The van der Waals surface area contributed by atoms with E-state index < -0.39 is 16.6 Å². The summed E-state index contributed by atoms with van der Waals surface area (Å²) in [5, 5.41) is 8.95. The minimum atomic E-state index is -3.18. The second kappa shape index (κ2) is 12.3. The Bertz CT molecular complexity index is 1060. The number of benzene rings is 2. The number of nitrogens with zero attached hydrogens (tertiary/aromatic N) is 1. The predicted octanol–water partition coefficient (Wildman–Crippen LogP) is 7.60. The summed E-state index contributed by atoms with van der Waals surface area (Å²) in [6, 6.07) is 11.3. The summed E-state index contributed by atoms with van der Waals surface area (Å²) in [5.74, 6) is -0.446. The highest BCUT2D eigenvalue weighted by atomic mass is 32.3. The van der Waals surface area contributed by atoms with E-state index in [9.17, 15) is 13.9 Å². The standard InChI is InChI=1S/C27H38N2O5S2/c1-4-6-13-27(14-7-5-2)18-29(21-10-8-20(28)9-11-21)22-16-24(35-3)23(34-15-12-26(30)31)17-25(22)36(32,33)19-27/h8-12,15-17,32-33H,4-7,13-14,18-19,28H2,1-3H3,(H,30,31). The lowest BCUT2D eigenvalue weighted by Crippen LogP contribution is -2.37. The fourth-order valence-corrected chi connectivity index (χ4v) is 7.53. The van der Waals surface area contributed by atoms with Crippen LogP contribution in [0.1, 0.15) is 52.4 Å². The lowest BCUT2D eigenvalue weighted by molar-refractivity contribution is -0.131. The van der Waals surface area contributed by atoms with Crippen molar-refractivity contribution in [1.29, 1.82) is 0 Å². The summed E-state index contributed by atoms with van der Waals surface area (Å²) in [6.07, 6.45) is 9.82. The van der Waals surface area contributed by atoms with Gasteiger partial charge in [0.05, 0.1) is 27.8 Å². The molecule has 198 valence electrons. The zero-order valence-corrected chi connectivity index (χ0v) is 22.9. The highest BCUT2D eigenvalue weighted by molar-refractivity contribution is 8.24. The molecule has 0 saturated carbocycles. The van der Waals surface area contributed by atoms with Crippen LogP contribution in [0.25, 0.3) is 0 Å². The van der Waals surface area contributed by atoms with Crippen molar-refractivity contribution < 1.29 is 23.7 Å². The number of carboxylic acid groups (broad SMARTS) is 1. The Hall–Kier alpha value is -2.33. The second-order valence-corrected chi connectivity index (χ2v) is 12.3. The number of unbranched alkanes of at least 4 members (excludes halogenated alkanes) is 2. The van der Waals surface area contributed by atoms with Gasteiger partial charge in [-0.2, -0.15) is 10.6 Å². The lowest BCUT2D eigenvalue weighted by atomic mass is 9.79. The zero-order chi connectivity index (χ0) is 26.3. The molecular weight excluding hydrogens is 496 g/mol. The van der Waals surface area contributed by atoms with Crippen molar-refractivity contribution in [2.24, 2.45) is 5.41 Å². The van der Waals surface area contributed by atoms with Gasteiger partial charge in [0.15, 0.2) is 0 Å². The molecule has 0 fully saturated rings. The van der Waals surface area contributed by atoms with E-state index in [1.807, 2.05) is 36.6 Å². The highest BCUT2D eigenvalue weighted by Gasteiger charge is 2.42. The van der Waals surface area contributed by atoms with Crippen LogP contribution in [0.2, 0.25) is 0 Å². The van der Waals surface area contributed by atoms with Crippen molar-refractivity contribution >= 4 is 45.4 Å². The summed E-state index contributed by atoms with van der Waals surface area (Å²) in [7, 11) is -3.18. The van der Waals surface area contributed by atoms with E-state index in [2.05, 4.69) is 18.7 Å². The Labute approximate surface area is 220 Å². The van der Waals surface area contributed by atoms with Gasteiger partial charge in [0.2, 0.25) is 0 Å². The van der Waals surface area contributed by atoms with Crippen LogP contribution in [0.5, 0.6) is 5.75 Å². The number of anilines is 3. The normalized spacial score (nSPS) is 17.4.